The van der Waals surface area contributed by atoms with Gasteiger partial charge in [0.15, 0.2) is 22.4 Å². The van der Waals surface area contributed by atoms with Gasteiger partial charge in [-0.1, -0.05) is 64.8 Å². The summed E-state index contributed by atoms with van der Waals surface area (Å²) in [6, 6.07) is 16.8. The first-order valence-corrected chi connectivity index (χ1v) is 12.7. The Morgan fingerprint density at radius 3 is 2.47 bits per heavy atom. The minimum absolute atomic E-state index is 0.231. The molecule has 1 aliphatic heterocycles. The third kappa shape index (κ3) is 6.14. The molecular weight excluding hydrogens is 563 g/mol. The average Bonchev–Trinajstić information content (AvgIpc) is 3.13. The highest BCUT2D eigenvalue weighted by Gasteiger charge is 2.33. The summed E-state index contributed by atoms with van der Waals surface area (Å²) in [5.41, 5.74) is 1.85. The Morgan fingerprint density at radius 1 is 1.03 bits per heavy atom. The number of hydrogen-bond donors (Lipinski definition) is 1. The molecule has 1 N–H and O–H groups in total. The molecule has 36 heavy (non-hydrogen) atoms. The number of carbonyl (C=O) groups excluding carboxylic acids is 2. The van der Waals surface area contributed by atoms with Crippen molar-refractivity contribution in [3.8, 4) is 11.5 Å². The van der Waals surface area contributed by atoms with Gasteiger partial charge in [0.25, 0.3) is 11.8 Å². The van der Waals surface area contributed by atoms with Gasteiger partial charge in [-0.15, -0.1) is 0 Å². The summed E-state index contributed by atoms with van der Waals surface area (Å²) < 4.78 is 11.5. The van der Waals surface area contributed by atoms with E-state index in [0.717, 1.165) is 0 Å². The fourth-order valence-electron chi connectivity index (χ4n) is 3.24. The lowest BCUT2D eigenvalue weighted by Gasteiger charge is -2.14. The second-order valence-corrected chi connectivity index (χ2v) is 10.3. The highest BCUT2D eigenvalue weighted by Crippen LogP contribution is 2.37. The van der Waals surface area contributed by atoms with Crippen molar-refractivity contribution < 1.29 is 19.1 Å². The number of hydrogen-bond acceptors (Lipinski definition) is 6. The molecule has 1 saturated heterocycles. The van der Waals surface area contributed by atoms with Crippen LogP contribution in [0.2, 0.25) is 15.1 Å². The minimum Gasteiger partial charge on any atom is -0.493 e. The van der Waals surface area contributed by atoms with E-state index < -0.39 is 0 Å². The number of thiocarbonyl (C=S) groups is 1. The SMILES string of the molecule is COc1cc(/C=C2\SC(=S)N(c3ccc(Cl)cc3)C2=O)ccc1OCC(=O)Nc1ccc(Cl)c(Cl)c1. The van der Waals surface area contributed by atoms with Crippen LogP contribution < -0.4 is 19.7 Å². The van der Waals surface area contributed by atoms with Crippen molar-refractivity contribution in [1.82, 2.24) is 0 Å². The lowest BCUT2D eigenvalue weighted by Crippen LogP contribution is -2.27. The lowest BCUT2D eigenvalue weighted by molar-refractivity contribution is -0.118. The molecule has 2 amide bonds. The summed E-state index contributed by atoms with van der Waals surface area (Å²) in [6.45, 7) is -0.254. The van der Waals surface area contributed by atoms with Crippen molar-refractivity contribution in [2.24, 2.45) is 0 Å². The van der Waals surface area contributed by atoms with Crippen LogP contribution in [0, 0.1) is 0 Å². The summed E-state index contributed by atoms with van der Waals surface area (Å²) in [5.74, 6) is 0.155. The van der Waals surface area contributed by atoms with Crippen molar-refractivity contribution in [2.75, 3.05) is 23.9 Å². The molecule has 184 valence electrons. The smallest absolute Gasteiger partial charge is 0.270 e. The van der Waals surface area contributed by atoms with Crippen molar-refractivity contribution in [2.45, 2.75) is 0 Å². The first-order chi connectivity index (χ1) is 17.2. The normalized spacial score (nSPS) is 14.3. The van der Waals surface area contributed by atoms with Crippen LogP contribution in [0.3, 0.4) is 0 Å². The van der Waals surface area contributed by atoms with E-state index in [9.17, 15) is 9.59 Å². The molecule has 0 atom stereocenters. The molecule has 0 aliphatic carbocycles. The van der Waals surface area contributed by atoms with Gasteiger partial charge in [0.05, 0.1) is 27.7 Å². The maximum atomic E-state index is 13.0. The lowest BCUT2D eigenvalue weighted by atomic mass is 10.2. The molecule has 0 radical (unpaired) electrons. The predicted molar refractivity (Wildman–Crippen MR) is 151 cm³/mol. The number of nitrogens with zero attached hydrogens (tertiary/aromatic N) is 1. The van der Waals surface area contributed by atoms with Crippen LogP contribution in [0.25, 0.3) is 6.08 Å². The molecule has 0 bridgehead atoms. The van der Waals surface area contributed by atoms with Crippen LogP contribution in [-0.4, -0.2) is 29.9 Å². The first-order valence-electron chi connectivity index (χ1n) is 10.3. The van der Waals surface area contributed by atoms with E-state index >= 15 is 0 Å². The van der Waals surface area contributed by atoms with Gasteiger partial charge in [-0.25, -0.2) is 0 Å². The van der Waals surface area contributed by atoms with E-state index in [1.807, 2.05) is 0 Å². The molecule has 0 aromatic heterocycles. The molecule has 0 spiro atoms. The summed E-state index contributed by atoms with van der Waals surface area (Å²) in [5, 5.41) is 3.98. The quantitative estimate of drug-likeness (QED) is 0.238. The molecule has 1 heterocycles. The van der Waals surface area contributed by atoms with Crippen LogP contribution >= 0.6 is 58.8 Å². The monoisotopic (exact) mass is 578 g/mol. The number of ether oxygens (including phenoxy) is 2. The van der Waals surface area contributed by atoms with E-state index in [1.165, 1.54) is 23.8 Å². The third-order valence-electron chi connectivity index (χ3n) is 4.93. The summed E-state index contributed by atoms with van der Waals surface area (Å²) in [7, 11) is 1.49. The molecule has 1 aliphatic rings. The summed E-state index contributed by atoms with van der Waals surface area (Å²) in [4.78, 5) is 27.2. The van der Waals surface area contributed by atoms with Crippen LogP contribution in [-0.2, 0) is 9.59 Å². The van der Waals surface area contributed by atoms with Crippen LogP contribution in [0.5, 0.6) is 11.5 Å². The molecule has 0 saturated carbocycles. The van der Waals surface area contributed by atoms with Crippen LogP contribution in [0.4, 0.5) is 11.4 Å². The Balaban J connectivity index is 1.44. The second kappa shape index (κ2) is 11.5. The van der Waals surface area contributed by atoms with E-state index in [4.69, 9.17) is 56.5 Å². The number of anilines is 2. The zero-order valence-electron chi connectivity index (χ0n) is 18.6. The predicted octanol–water partition coefficient (Wildman–Crippen LogP) is 7.08. The molecular formula is C25H17Cl3N2O4S2. The molecule has 4 rings (SSSR count). The molecule has 3 aromatic carbocycles. The van der Waals surface area contributed by atoms with Gasteiger partial charge in [-0.2, -0.15) is 0 Å². The van der Waals surface area contributed by atoms with Gasteiger partial charge in [0.2, 0.25) is 0 Å². The number of methoxy groups -OCH3 is 1. The van der Waals surface area contributed by atoms with Crippen molar-refractivity contribution >= 4 is 92.4 Å². The van der Waals surface area contributed by atoms with Gasteiger partial charge in [0, 0.05) is 10.7 Å². The van der Waals surface area contributed by atoms with Crippen molar-refractivity contribution in [1.29, 1.82) is 0 Å². The number of halogens is 3. The van der Waals surface area contributed by atoms with E-state index in [0.29, 0.717) is 52.7 Å². The third-order valence-corrected chi connectivity index (χ3v) is 7.22. The minimum atomic E-state index is -0.384. The Hall–Kier alpha value is -2.75. The van der Waals surface area contributed by atoms with Gasteiger partial charge in [-0.3, -0.25) is 14.5 Å². The van der Waals surface area contributed by atoms with E-state index in [2.05, 4.69) is 5.32 Å². The van der Waals surface area contributed by atoms with Crippen molar-refractivity contribution in [3.05, 3.63) is 86.2 Å². The average molecular weight is 580 g/mol. The maximum absolute atomic E-state index is 13.0. The van der Waals surface area contributed by atoms with Gasteiger partial charge >= 0.3 is 0 Å². The Kier molecular flexibility index (Phi) is 8.43. The Morgan fingerprint density at radius 2 is 1.78 bits per heavy atom. The first kappa shape index (κ1) is 26.3. The zero-order valence-corrected chi connectivity index (χ0v) is 22.5. The fourth-order valence-corrected chi connectivity index (χ4v) is 4.96. The van der Waals surface area contributed by atoms with Crippen molar-refractivity contribution in [3.63, 3.8) is 0 Å². The number of rotatable bonds is 7. The Labute approximate surface area is 232 Å². The van der Waals surface area contributed by atoms with E-state index in [-0.39, 0.29) is 18.4 Å². The molecule has 0 unspecified atom stereocenters. The second-order valence-electron chi connectivity index (χ2n) is 7.37. The summed E-state index contributed by atoms with van der Waals surface area (Å²) in [6.07, 6.45) is 1.72. The molecule has 11 heteroatoms. The highest BCUT2D eigenvalue weighted by molar-refractivity contribution is 8.27. The largest absolute Gasteiger partial charge is 0.493 e. The molecule has 3 aromatic rings. The number of thioether (sulfide) groups is 1. The highest BCUT2D eigenvalue weighted by atomic mass is 35.5. The zero-order chi connectivity index (χ0) is 25.8. The number of benzene rings is 3. The topological polar surface area (TPSA) is 67.9 Å². The fraction of sp³-hybridized carbons (Fsp3) is 0.0800. The number of amides is 2. The standard InChI is InChI=1S/C25H17Cl3N2O4S2/c1-33-21-10-14(11-22-24(32)30(25(35)36-22)17-6-3-15(26)4-7-17)2-9-20(21)34-13-23(31)29-16-5-8-18(27)19(28)12-16/h2-12H,13H2,1H3,(H,29,31)/b22-11-. The number of nitrogens with one attached hydrogen (secondary N) is 1. The number of carbonyl (C=O) groups is 2. The molecule has 1 fully saturated rings. The Bertz CT molecular complexity index is 1380. The van der Waals surface area contributed by atoms with Gasteiger partial charge < -0.3 is 14.8 Å². The van der Waals surface area contributed by atoms with Gasteiger partial charge in [0.1, 0.15) is 0 Å². The van der Waals surface area contributed by atoms with Gasteiger partial charge in [-0.05, 0) is 66.2 Å². The summed E-state index contributed by atoms with van der Waals surface area (Å²) >= 11 is 24.4. The maximum Gasteiger partial charge on any atom is 0.270 e. The van der Waals surface area contributed by atoms with Crippen LogP contribution in [0.15, 0.2) is 65.6 Å². The van der Waals surface area contributed by atoms with E-state index in [1.54, 1.807) is 66.7 Å². The molecule has 6 nitrogen and oxygen atoms in total. The van der Waals surface area contributed by atoms with Crippen LogP contribution in [0.1, 0.15) is 5.56 Å².